The molecule has 0 bridgehead atoms. The molecule has 1 aromatic heterocycles. The van der Waals surface area contributed by atoms with E-state index in [4.69, 9.17) is 0 Å². The lowest BCUT2D eigenvalue weighted by atomic mass is 10.1. The number of hydrogen-bond donors (Lipinski definition) is 1. The predicted octanol–water partition coefficient (Wildman–Crippen LogP) is 0.839. The van der Waals surface area contributed by atoms with Crippen molar-refractivity contribution in [1.82, 2.24) is 14.8 Å². The van der Waals surface area contributed by atoms with Crippen LogP contribution < -0.4 is 10.9 Å². The van der Waals surface area contributed by atoms with Gasteiger partial charge in [0.05, 0.1) is 0 Å². The number of pyridine rings is 1. The summed E-state index contributed by atoms with van der Waals surface area (Å²) in [6.45, 7) is 5.23. The molecule has 5 nitrogen and oxygen atoms in total. The second kappa shape index (κ2) is 7.24. The molecule has 20 heavy (non-hydrogen) atoms. The Balaban J connectivity index is 1.79. The second-order valence-electron chi connectivity index (χ2n) is 5.50. The Labute approximate surface area is 119 Å². The number of hydrogen-bond acceptors (Lipinski definition) is 3. The Morgan fingerprint density at radius 2 is 2.05 bits per heavy atom. The average molecular weight is 277 g/mol. The minimum absolute atomic E-state index is 0.0873. The molecule has 1 saturated heterocycles. The van der Waals surface area contributed by atoms with Crippen LogP contribution in [-0.2, 0) is 11.3 Å². The molecule has 5 heteroatoms. The molecule has 0 aliphatic carbocycles. The van der Waals surface area contributed by atoms with Gasteiger partial charge in [-0.05, 0) is 38.9 Å². The predicted molar refractivity (Wildman–Crippen MR) is 78.6 cm³/mol. The summed E-state index contributed by atoms with van der Waals surface area (Å²) in [5, 5.41) is 2.96. The maximum atomic E-state index is 11.9. The van der Waals surface area contributed by atoms with Gasteiger partial charge in [-0.15, -0.1) is 0 Å². The van der Waals surface area contributed by atoms with Crippen LogP contribution in [0.15, 0.2) is 29.2 Å². The molecule has 2 heterocycles. The molecule has 1 aliphatic rings. The van der Waals surface area contributed by atoms with Gasteiger partial charge >= 0.3 is 0 Å². The molecule has 1 unspecified atom stereocenters. The topological polar surface area (TPSA) is 54.3 Å². The van der Waals surface area contributed by atoms with Crippen molar-refractivity contribution in [2.24, 2.45) is 0 Å². The number of amides is 1. The van der Waals surface area contributed by atoms with E-state index in [1.54, 1.807) is 18.3 Å². The number of nitrogens with zero attached hydrogens (tertiary/aromatic N) is 2. The van der Waals surface area contributed by atoms with Crippen LogP contribution in [-0.4, -0.2) is 41.1 Å². The molecular weight excluding hydrogens is 254 g/mol. The molecule has 1 aliphatic heterocycles. The van der Waals surface area contributed by atoms with Crippen LogP contribution >= 0.6 is 0 Å². The molecule has 0 spiro atoms. The smallest absolute Gasteiger partial charge is 0.250 e. The molecule has 2 rings (SSSR count). The van der Waals surface area contributed by atoms with Gasteiger partial charge in [0.2, 0.25) is 5.91 Å². The lowest BCUT2D eigenvalue weighted by Crippen LogP contribution is -2.45. The Kier molecular flexibility index (Phi) is 5.35. The highest BCUT2D eigenvalue weighted by molar-refractivity contribution is 5.76. The van der Waals surface area contributed by atoms with Crippen LogP contribution in [0.4, 0.5) is 0 Å². The summed E-state index contributed by atoms with van der Waals surface area (Å²) in [5.41, 5.74) is -0.147. The van der Waals surface area contributed by atoms with Crippen molar-refractivity contribution in [3.8, 4) is 0 Å². The van der Waals surface area contributed by atoms with Gasteiger partial charge in [-0.25, -0.2) is 0 Å². The highest BCUT2D eigenvalue weighted by Gasteiger charge is 2.15. The number of carbonyl (C=O) groups excluding carboxylic acids is 1. The first-order chi connectivity index (χ1) is 9.65. The minimum atomic E-state index is -0.147. The summed E-state index contributed by atoms with van der Waals surface area (Å²) in [6, 6.07) is 5.01. The fraction of sp³-hybridized carbons (Fsp3) is 0.600. The number of piperidine rings is 1. The standard InChI is InChI=1S/C15H23N3O2/c1-13(11-17-8-4-2-5-9-17)16-14(19)12-18-10-6-3-7-15(18)20/h3,6-7,10,13H,2,4-5,8-9,11-12H2,1H3,(H,16,19). The number of aromatic nitrogens is 1. The zero-order valence-corrected chi connectivity index (χ0v) is 12.0. The highest BCUT2D eigenvalue weighted by atomic mass is 16.2. The molecule has 1 atom stereocenters. The van der Waals surface area contributed by atoms with E-state index < -0.39 is 0 Å². The van der Waals surface area contributed by atoms with E-state index in [0.717, 1.165) is 19.6 Å². The fourth-order valence-electron chi connectivity index (χ4n) is 2.64. The van der Waals surface area contributed by atoms with Gasteiger partial charge in [-0.3, -0.25) is 9.59 Å². The van der Waals surface area contributed by atoms with Gasteiger partial charge in [0.25, 0.3) is 5.56 Å². The molecule has 1 fully saturated rings. The van der Waals surface area contributed by atoms with E-state index in [9.17, 15) is 9.59 Å². The maximum absolute atomic E-state index is 11.9. The quantitative estimate of drug-likeness (QED) is 0.867. The number of likely N-dealkylation sites (tertiary alicyclic amines) is 1. The van der Waals surface area contributed by atoms with Crippen molar-refractivity contribution in [3.05, 3.63) is 34.7 Å². The van der Waals surface area contributed by atoms with Crippen molar-refractivity contribution >= 4 is 5.91 Å². The van der Waals surface area contributed by atoms with Gasteiger partial charge in [0, 0.05) is 24.8 Å². The SMILES string of the molecule is CC(CN1CCCCC1)NC(=O)Cn1ccccc1=O. The zero-order valence-electron chi connectivity index (χ0n) is 12.0. The first kappa shape index (κ1) is 14.8. The van der Waals surface area contributed by atoms with E-state index in [1.807, 2.05) is 6.92 Å². The summed E-state index contributed by atoms with van der Waals surface area (Å²) in [7, 11) is 0. The molecule has 1 aromatic rings. The zero-order chi connectivity index (χ0) is 14.4. The second-order valence-corrected chi connectivity index (χ2v) is 5.50. The van der Waals surface area contributed by atoms with Crippen LogP contribution in [0.3, 0.4) is 0 Å². The van der Waals surface area contributed by atoms with Crippen LogP contribution in [0.2, 0.25) is 0 Å². The van der Waals surface area contributed by atoms with Crippen LogP contribution in [0.25, 0.3) is 0 Å². The molecule has 1 N–H and O–H groups in total. The van der Waals surface area contributed by atoms with Gasteiger partial charge < -0.3 is 14.8 Å². The van der Waals surface area contributed by atoms with Gasteiger partial charge in [-0.1, -0.05) is 12.5 Å². The summed E-state index contributed by atoms with van der Waals surface area (Å²) >= 11 is 0. The summed E-state index contributed by atoms with van der Waals surface area (Å²) in [5.74, 6) is -0.109. The summed E-state index contributed by atoms with van der Waals surface area (Å²) < 4.78 is 1.42. The normalized spacial score (nSPS) is 17.6. The summed E-state index contributed by atoms with van der Waals surface area (Å²) in [6.07, 6.45) is 5.45. The van der Waals surface area contributed by atoms with E-state index in [2.05, 4.69) is 10.2 Å². The van der Waals surface area contributed by atoms with Crippen molar-refractivity contribution in [2.75, 3.05) is 19.6 Å². The first-order valence-electron chi connectivity index (χ1n) is 7.32. The van der Waals surface area contributed by atoms with E-state index in [0.29, 0.717) is 0 Å². The summed E-state index contributed by atoms with van der Waals surface area (Å²) in [4.78, 5) is 25.9. The van der Waals surface area contributed by atoms with E-state index >= 15 is 0 Å². The van der Waals surface area contributed by atoms with E-state index in [-0.39, 0.29) is 24.1 Å². The number of nitrogens with one attached hydrogen (secondary N) is 1. The number of rotatable bonds is 5. The third-order valence-corrected chi connectivity index (χ3v) is 3.60. The monoisotopic (exact) mass is 277 g/mol. The molecule has 110 valence electrons. The van der Waals surface area contributed by atoms with Gasteiger partial charge in [0.15, 0.2) is 0 Å². The molecular formula is C15H23N3O2. The lowest BCUT2D eigenvalue weighted by Gasteiger charge is -2.29. The molecule has 0 aromatic carbocycles. The third kappa shape index (κ3) is 4.49. The molecule has 0 radical (unpaired) electrons. The Bertz CT molecular complexity index is 492. The van der Waals surface area contributed by atoms with Crippen LogP contribution in [0, 0.1) is 0 Å². The Morgan fingerprint density at radius 3 is 2.75 bits per heavy atom. The van der Waals surface area contributed by atoms with Crippen molar-refractivity contribution in [2.45, 2.75) is 38.8 Å². The number of carbonyl (C=O) groups is 1. The van der Waals surface area contributed by atoms with Gasteiger partial charge in [-0.2, -0.15) is 0 Å². The molecule has 0 saturated carbocycles. The van der Waals surface area contributed by atoms with Crippen LogP contribution in [0.5, 0.6) is 0 Å². The highest BCUT2D eigenvalue weighted by Crippen LogP contribution is 2.08. The van der Waals surface area contributed by atoms with Crippen LogP contribution in [0.1, 0.15) is 26.2 Å². The van der Waals surface area contributed by atoms with Crippen molar-refractivity contribution < 1.29 is 4.79 Å². The minimum Gasteiger partial charge on any atom is -0.351 e. The Morgan fingerprint density at radius 1 is 1.30 bits per heavy atom. The average Bonchev–Trinajstić information content (AvgIpc) is 2.42. The third-order valence-electron chi connectivity index (χ3n) is 3.60. The maximum Gasteiger partial charge on any atom is 0.250 e. The van der Waals surface area contributed by atoms with Gasteiger partial charge in [0.1, 0.15) is 6.54 Å². The fourth-order valence-corrected chi connectivity index (χ4v) is 2.64. The van der Waals surface area contributed by atoms with Crippen molar-refractivity contribution in [3.63, 3.8) is 0 Å². The molecule has 1 amide bonds. The van der Waals surface area contributed by atoms with E-state index in [1.165, 1.54) is 29.9 Å². The van der Waals surface area contributed by atoms with Crippen molar-refractivity contribution in [1.29, 1.82) is 0 Å². The lowest BCUT2D eigenvalue weighted by molar-refractivity contribution is -0.122. The first-order valence-corrected chi connectivity index (χ1v) is 7.32. The largest absolute Gasteiger partial charge is 0.351 e. The Hall–Kier alpha value is -1.62.